The third-order valence-corrected chi connectivity index (χ3v) is 11.7. The number of nitrogen functional groups attached to an aromatic ring is 1. The highest BCUT2D eigenvalue weighted by molar-refractivity contribution is 8.44. The number of imidazole rings is 2. The summed E-state index contributed by atoms with van der Waals surface area (Å²) in [5.74, 6) is 0.0996. The Morgan fingerprint density at radius 2 is 1.63 bits per heavy atom. The van der Waals surface area contributed by atoms with Crippen LogP contribution in [0.1, 0.15) is 12.5 Å². The molecule has 1 aromatic carbocycles. The predicted molar refractivity (Wildman–Crippen MR) is 169 cm³/mol. The molecule has 0 amide bonds. The molecule has 7 rings (SSSR count). The average Bonchev–Trinajstić information content (AvgIpc) is 3.71. The van der Waals surface area contributed by atoms with Gasteiger partial charge in [0, 0.05) is 0 Å². The molecule has 17 nitrogen and oxygen atoms in total. The minimum atomic E-state index is -4.29. The van der Waals surface area contributed by atoms with E-state index in [1.54, 1.807) is 0 Å². The molecule has 0 radical (unpaired) electrons. The number of thiol groups is 1. The van der Waals surface area contributed by atoms with Gasteiger partial charge in [-0.2, -0.15) is 0 Å². The first-order valence-corrected chi connectivity index (χ1v) is 19.6. The average molecular weight is 777 g/mol. The molecule has 0 spiro atoms. The van der Waals surface area contributed by atoms with E-state index >= 15 is 0 Å². The second-order valence-corrected chi connectivity index (χ2v) is 17.2. The fourth-order valence-electron chi connectivity index (χ4n) is 5.47. The largest absolute Gasteiger partial charge is 0.386 e. The number of ether oxygens (including phenoxy) is 2. The van der Waals surface area contributed by atoms with E-state index in [1.165, 1.54) is 33.9 Å². The van der Waals surface area contributed by atoms with E-state index in [0.29, 0.717) is 11.0 Å². The highest BCUT2D eigenvalue weighted by atomic mass is 35.5. The van der Waals surface area contributed by atoms with Crippen molar-refractivity contribution < 1.29 is 47.2 Å². The van der Waals surface area contributed by atoms with Gasteiger partial charge < -0.3 is 34.8 Å². The zero-order chi connectivity index (χ0) is 32.7. The Kier molecular flexibility index (Phi) is 8.88. The minimum absolute atomic E-state index is 0.0909. The number of halogens is 3. The van der Waals surface area contributed by atoms with Gasteiger partial charge in [-0.1, -0.05) is 35.5 Å². The van der Waals surface area contributed by atoms with Crippen molar-refractivity contribution in [2.24, 2.45) is 0 Å². The first-order valence-electron chi connectivity index (χ1n) is 13.2. The highest BCUT2D eigenvalue weighted by Crippen LogP contribution is 2.58. The SMILES string of the molecule is Nc1ncnc2c1ncn2[C@@H]1O[C@@H]2COP(O)(=S)O[C@@H]3C(O)[C@H](n4c(Cl)nc5cc(Cl)c(Cl)cc54)O[C@@H]3COP(=O)(S)OC2[C@@H]1O. The van der Waals surface area contributed by atoms with E-state index in [9.17, 15) is 19.7 Å². The molecular formula is C22H22Cl3N7O10P2S2. The molecule has 0 saturated carbocycles. The molecule has 5 N–H and O–H groups in total. The van der Waals surface area contributed by atoms with Crippen molar-refractivity contribution in [2.45, 2.75) is 49.1 Å². The van der Waals surface area contributed by atoms with Gasteiger partial charge in [0.05, 0.1) is 40.6 Å². The molecule has 6 heterocycles. The van der Waals surface area contributed by atoms with Crippen molar-refractivity contribution in [1.29, 1.82) is 0 Å². The summed E-state index contributed by atoms with van der Waals surface area (Å²) in [6.45, 7) is -9.53. The van der Waals surface area contributed by atoms with Crippen LogP contribution in [0.15, 0.2) is 24.8 Å². The van der Waals surface area contributed by atoms with Gasteiger partial charge in [0.15, 0.2) is 23.9 Å². The van der Waals surface area contributed by atoms with Crippen molar-refractivity contribution >= 4 is 100 Å². The summed E-state index contributed by atoms with van der Waals surface area (Å²) in [6, 6.07) is 2.97. The Labute approximate surface area is 283 Å². The normalized spacial score (nSPS) is 37.2. The van der Waals surface area contributed by atoms with Gasteiger partial charge in [-0.15, -0.1) is 0 Å². The Balaban J connectivity index is 1.18. The number of nitrogens with zero attached hydrogens (tertiary/aromatic N) is 6. The minimum Gasteiger partial charge on any atom is -0.386 e. The van der Waals surface area contributed by atoms with Crippen LogP contribution in [0.5, 0.6) is 0 Å². The Bertz CT molecular complexity index is 1940. The summed E-state index contributed by atoms with van der Waals surface area (Å²) in [6.07, 6.45) is -8.20. The van der Waals surface area contributed by atoms with E-state index in [2.05, 4.69) is 32.2 Å². The molecule has 0 aliphatic carbocycles. The lowest BCUT2D eigenvalue weighted by atomic mass is 10.1. The smallest absolute Gasteiger partial charge is 0.386 e. The highest BCUT2D eigenvalue weighted by Gasteiger charge is 2.53. The van der Waals surface area contributed by atoms with Crippen molar-refractivity contribution in [3.8, 4) is 0 Å². The Morgan fingerprint density at radius 1 is 0.978 bits per heavy atom. The fourth-order valence-corrected chi connectivity index (χ4v) is 9.00. The van der Waals surface area contributed by atoms with Gasteiger partial charge in [0.2, 0.25) is 5.28 Å². The van der Waals surface area contributed by atoms with Crippen molar-refractivity contribution in [2.75, 3.05) is 18.9 Å². The maximum Gasteiger partial charge on any atom is 0.386 e. The van der Waals surface area contributed by atoms with Gasteiger partial charge in [-0.25, -0.2) is 24.5 Å². The molecule has 3 aliphatic heterocycles. The lowest BCUT2D eigenvalue weighted by Crippen LogP contribution is -2.38. The van der Waals surface area contributed by atoms with Crippen LogP contribution in [-0.2, 0) is 43.9 Å². The van der Waals surface area contributed by atoms with Crippen LogP contribution in [0.3, 0.4) is 0 Å². The fraction of sp³-hybridized carbons (Fsp3) is 0.455. The molecule has 3 fully saturated rings. The summed E-state index contributed by atoms with van der Waals surface area (Å²) in [7, 11) is 0. The van der Waals surface area contributed by atoms with Crippen LogP contribution in [0.25, 0.3) is 22.2 Å². The lowest BCUT2D eigenvalue weighted by Gasteiger charge is -2.29. The molecule has 4 aromatic rings. The zero-order valence-corrected chi connectivity index (χ0v) is 28.5. The van der Waals surface area contributed by atoms with Gasteiger partial charge in [0.25, 0.3) is 0 Å². The van der Waals surface area contributed by atoms with Crippen molar-refractivity contribution in [3.63, 3.8) is 0 Å². The number of aromatic nitrogens is 6. The van der Waals surface area contributed by atoms with E-state index in [1.807, 2.05) is 0 Å². The molecule has 0 bridgehead atoms. The Morgan fingerprint density at radius 3 is 2.39 bits per heavy atom. The monoisotopic (exact) mass is 775 g/mol. The van der Waals surface area contributed by atoms with Gasteiger partial charge in [0.1, 0.15) is 48.5 Å². The van der Waals surface area contributed by atoms with Crippen LogP contribution in [0.2, 0.25) is 15.3 Å². The second-order valence-electron chi connectivity index (χ2n) is 10.4. The number of nitrogens with two attached hydrogens (primary N) is 1. The summed E-state index contributed by atoms with van der Waals surface area (Å²) < 4.78 is 50.8. The van der Waals surface area contributed by atoms with Crippen LogP contribution >= 0.6 is 60.6 Å². The van der Waals surface area contributed by atoms with Crippen molar-refractivity contribution in [1.82, 2.24) is 29.1 Å². The van der Waals surface area contributed by atoms with E-state index < -0.39 is 75.8 Å². The number of rotatable bonds is 2. The number of fused-ring (bicyclic) bond motifs is 4. The molecule has 46 heavy (non-hydrogen) atoms. The van der Waals surface area contributed by atoms with Crippen LogP contribution < -0.4 is 5.73 Å². The van der Waals surface area contributed by atoms with E-state index in [-0.39, 0.29) is 32.3 Å². The first kappa shape index (κ1) is 33.3. The summed E-state index contributed by atoms with van der Waals surface area (Å²) in [4.78, 5) is 27.5. The number of benzene rings is 1. The third-order valence-electron chi connectivity index (χ3n) is 7.54. The molecular weight excluding hydrogens is 755 g/mol. The third kappa shape index (κ3) is 5.98. The van der Waals surface area contributed by atoms with Gasteiger partial charge >= 0.3 is 13.5 Å². The van der Waals surface area contributed by atoms with Crippen LogP contribution in [-0.4, -0.2) is 94.0 Å². The number of anilines is 1. The van der Waals surface area contributed by atoms with E-state index in [4.69, 9.17) is 79.9 Å². The van der Waals surface area contributed by atoms with Gasteiger partial charge in [-0.05, 0) is 35.5 Å². The molecule has 4 unspecified atom stereocenters. The molecule has 24 heteroatoms. The van der Waals surface area contributed by atoms with Crippen LogP contribution in [0.4, 0.5) is 5.82 Å². The molecule has 3 aliphatic rings. The van der Waals surface area contributed by atoms with Crippen LogP contribution in [0, 0.1) is 0 Å². The van der Waals surface area contributed by atoms with E-state index in [0.717, 1.165) is 0 Å². The van der Waals surface area contributed by atoms with Gasteiger partial charge in [-0.3, -0.25) is 22.7 Å². The predicted octanol–water partition coefficient (Wildman–Crippen LogP) is 3.01. The quantitative estimate of drug-likeness (QED) is 0.146. The maximum atomic E-state index is 13.5. The Hall–Kier alpha value is -1.22. The summed E-state index contributed by atoms with van der Waals surface area (Å²) >= 11 is 28.1. The molecule has 3 aromatic heterocycles. The first-order chi connectivity index (χ1) is 21.7. The number of hydrogen-bond acceptors (Lipinski definition) is 15. The summed E-state index contributed by atoms with van der Waals surface area (Å²) in [5.41, 5.74) is 7.08. The molecule has 10 atom stereocenters. The topological polar surface area (TPSA) is 221 Å². The zero-order valence-electron chi connectivity index (χ0n) is 22.7. The summed E-state index contributed by atoms with van der Waals surface area (Å²) in [5, 5.41) is 23.0. The number of hydrogen-bond donors (Lipinski definition) is 5. The molecule has 248 valence electrons. The molecule has 3 saturated heterocycles. The standard InChI is InChI=1S/C22H22Cl3N7O10P2S2/c23-7-1-9-10(2-8(7)24)32(22(25)30-9)21-15(34)17-12(40-21)4-38-43(35,45)41-16-11(3-37-44(36,46)42-17)39-20(14(16)33)31-6-29-13-18(26)27-5-28-19(13)31/h1-2,5-6,11-12,14-17,20-21,33-34H,3-4H2,(H,35,45)(H,36,46)(H2,26,27,28)/t11-,12-,14+,15?,16?,17+,20-,21-,43?,44?/m1/s1. The second kappa shape index (κ2) is 12.3. The lowest BCUT2D eigenvalue weighted by molar-refractivity contribution is -0.0576. The van der Waals surface area contributed by atoms with Crippen molar-refractivity contribution in [3.05, 3.63) is 40.1 Å². The maximum absolute atomic E-state index is 13.5. The number of aliphatic hydroxyl groups is 2. The number of aliphatic hydroxyl groups excluding tert-OH is 2.